The molecule has 1 aliphatic carbocycles. The maximum absolute atomic E-state index is 12.3. The van der Waals surface area contributed by atoms with Crippen LogP contribution in [0.5, 0.6) is 0 Å². The van der Waals surface area contributed by atoms with E-state index in [-0.39, 0.29) is 13.2 Å². The summed E-state index contributed by atoms with van der Waals surface area (Å²) in [6.45, 7) is 2.30. The molecule has 8 heteroatoms. The Hall–Kier alpha value is -1.83. The Kier molecular flexibility index (Phi) is 4.36. The molecule has 1 saturated carbocycles. The molecule has 21 heavy (non-hydrogen) atoms. The number of aliphatic carboxylic acids is 1. The van der Waals surface area contributed by atoms with Crippen LogP contribution >= 0.6 is 0 Å². The van der Waals surface area contributed by atoms with Gasteiger partial charge in [0.15, 0.2) is 0 Å². The lowest BCUT2D eigenvalue weighted by Crippen LogP contribution is -2.60. The van der Waals surface area contributed by atoms with Crippen LogP contribution in [0.4, 0.5) is 4.79 Å². The standard InChI is InChI=1S/C13H21N3O5/c1-13(11(18)19)4-2-3-9(13)15-12(20)16-5-6-21-7-8(16)10(14)17/h8-9H,2-7H2,1H3,(H2,14,17)(H,15,20)(H,18,19). The first-order valence-corrected chi connectivity index (χ1v) is 7.04. The molecule has 0 radical (unpaired) electrons. The number of amides is 3. The highest BCUT2D eigenvalue weighted by Crippen LogP contribution is 2.38. The Morgan fingerprint density at radius 2 is 2.14 bits per heavy atom. The Bertz CT molecular complexity index is 455. The quantitative estimate of drug-likeness (QED) is 0.650. The van der Waals surface area contributed by atoms with Crippen molar-refractivity contribution in [2.24, 2.45) is 11.1 Å². The second kappa shape index (κ2) is 5.88. The number of nitrogens with two attached hydrogens (primary N) is 1. The summed E-state index contributed by atoms with van der Waals surface area (Å²) >= 11 is 0. The number of ether oxygens (including phenoxy) is 1. The maximum Gasteiger partial charge on any atom is 0.318 e. The molecule has 1 aliphatic heterocycles. The highest BCUT2D eigenvalue weighted by molar-refractivity contribution is 5.87. The molecule has 2 rings (SSSR count). The van der Waals surface area contributed by atoms with E-state index in [1.165, 1.54) is 4.90 Å². The van der Waals surface area contributed by atoms with E-state index in [1.54, 1.807) is 6.92 Å². The molecular weight excluding hydrogens is 278 g/mol. The molecule has 118 valence electrons. The third-order valence-electron chi connectivity index (χ3n) is 4.46. The van der Waals surface area contributed by atoms with Crippen LogP contribution in [-0.2, 0) is 14.3 Å². The second-order valence-electron chi connectivity index (χ2n) is 5.80. The zero-order valence-electron chi connectivity index (χ0n) is 12.0. The summed E-state index contributed by atoms with van der Waals surface area (Å²) < 4.78 is 5.16. The van der Waals surface area contributed by atoms with Crippen LogP contribution in [0.3, 0.4) is 0 Å². The molecule has 2 fully saturated rings. The van der Waals surface area contributed by atoms with Gasteiger partial charge in [-0.15, -0.1) is 0 Å². The maximum atomic E-state index is 12.3. The molecule has 0 aromatic heterocycles. The summed E-state index contributed by atoms with van der Waals surface area (Å²) in [5.41, 5.74) is 4.30. The summed E-state index contributed by atoms with van der Waals surface area (Å²) in [7, 11) is 0. The van der Waals surface area contributed by atoms with Crippen molar-refractivity contribution in [1.82, 2.24) is 10.2 Å². The third kappa shape index (κ3) is 2.94. The van der Waals surface area contributed by atoms with E-state index < -0.39 is 35.4 Å². The van der Waals surface area contributed by atoms with Gasteiger partial charge in [-0.25, -0.2) is 4.79 Å². The summed E-state index contributed by atoms with van der Waals surface area (Å²) in [5.74, 6) is -1.55. The Morgan fingerprint density at radius 3 is 2.76 bits per heavy atom. The van der Waals surface area contributed by atoms with E-state index in [0.29, 0.717) is 19.4 Å². The van der Waals surface area contributed by atoms with Crippen LogP contribution in [-0.4, -0.2) is 59.8 Å². The van der Waals surface area contributed by atoms with Gasteiger partial charge < -0.3 is 25.8 Å². The Balaban J connectivity index is 2.06. The van der Waals surface area contributed by atoms with Crippen LogP contribution in [0.1, 0.15) is 26.2 Å². The van der Waals surface area contributed by atoms with E-state index in [2.05, 4.69) is 5.32 Å². The Labute approximate surface area is 122 Å². The number of nitrogens with zero attached hydrogens (tertiary/aromatic N) is 1. The van der Waals surface area contributed by atoms with Gasteiger partial charge >= 0.3 is 12.0 Å². The van der Waals surface area contributed by atoms with E-state index in [4.69, 9.17) is 10.5 Å². The van der Waals surface area contributed by atoms with Gasteiger partial charge in [-0.1, -0.05) is 6.42 Å². The number of carbonyl (C=O) groups is 3. The van der Waals surface area contributed by atoms with Gasteiger partial charge in [0.25, 0.3) is 0 Å². The largest absolute Gasteiger partial charge is 0.481 e. The molecule has 3 unspecified atom stereocenters. The predicted molar refractivity (Wildman–Crippen MR) is 72.4 cm³/mol. The number of hydrogen-bond acceptors (Lipinski definition) is 4. The minimum atomic E-state index is -0.968. The zero-order valence-corrected chi connectivity index (χ0v) is 12.0. The number of nitrogens with one attached hydrogen (secondary N) is 1. The minimum absolute atomic E-state index is 0.0730. The first kappa shape index (κ1) is 15.6. The molecule has 4 N–H and O–H groups in total. The van der Waals surface area contributed by atoms with E-state index in [1.807, 2.05) is 0 Å². The lowest BCUT2D eigenvalue weighted by atomic mass is 9.85. The molecular formula is C13H21N3O5. The van der Waals surface area contributed by atoms with Crippen LogP contribution in [0.2, 0.25) is 0 Å². The van der Waals surface area contributed by atoms with Crippen molar-refractivity contribution in [1.29, 1.82) is 0 Å². The molecule has 0 spiro atoms. The summed E-state index contributed by atoms with van der Waals surface area (Å²) in [4.78, 5) is 36.4. The molecule has 2 aliphatic rings. The smallest absolute Gasteiger partial charge is 0.318 e. The lowest BCUT2D eigenvalue weighted by Gasteiger charge is -2.36. The van der Waals surface area contributed by atoms with Crippen LogP contribution < -0.4 is 11.1 Å². The summed E-state index contributed by atoms with van der Waals surface area (Å²) in [5, 5.41) is 12.1. The number of carbonyl (C=O) groups excluding carboxylic acids is 2. The highest BCUT2D eigenvalue weighted by atomic mass is 16.5. The lowest BCUT2D eigenvalue weighted by molar-refractivity contribution is -0.148. The summed E-state index contributed by atoms with van der Waals surface area (Å²) in [6, 6.07) is -1.71. The van der Waals surface area contributed by atoms with Gasteiger partial charge in [-0.3, -0.25) is 9.59 Å². The van der Waals surface area contributed by atoms with Gasteiger partial charge in [0.2, 0.25) is 5.91 Å². The monoisotopic (exact) mass is 299 g/mol. The molecule has 3 amide bonds. The van der Waals surface area contributed by atoms with Gasteiger partial charge in [-0.2, -0.15) is 0 Å². The van der Waals surface area contributed by atoms with Crippen molar-refractivity contribution in [2.75, 3.05) is 19.8 Å². The average molecular weight is 299 g/mol. The number of rotatable bonds is 3. The van der Waals surface area contributed by atoms with Crippen LogP contribution in [0, 0.1) is 5.41 Å². The molecule has 0 aromatic carbocycles. The first-order valence-electron chi connectivity index (χ1n) is 7.04. The van der Waals surface area contributed by atoms with Gasteiger partial charge in [-0.05, 0) is 19.8 Å². The second-order valence-corrected chi connectivity index (χ2v) is 5.80. The van der Waals surface area contributed by atoms with Crippen molar-refractivity contribution in [2.45, 2.75) is 38.3 Å². The number of carboxylic acids is 1. The predicted octanol–water partition coefficient (Wildman–Crippen LogP) is -0.474. The van der Waals surface area contributed by atoms with Crippen LogP contribution in [0.15, 0.2) is 0 Å². The molecule has 0 bridgehead atoms. The van der Waals surface area contributed by atoms with Crippen molar-refractivity contribution in [3.05, 3.63) is 0 Å². The normalized spacial score (nSPS) is 32.7. The van der Waals surface area contributed by atoms with Gasteiger partial charge in [0.05, 0.1) is 18.6 Å². The fourth-order valence-electron chi connectivity index (χ4n) is 2.97. The minimum Gasteiger partial charge on any atom is -0.481 e. The van der Waals surface area contributed by atoms with Gasteiger partial charge in [0, 0.05) is 12.6 Å². The van der Waals surface area contributed by atoms with Crippen molar-refractivity contribution in [3.8, 4) is 0 Å². The molecule has 1 heterocycles. The topological polar surface area (TPSA) is 122 Å². The fourth-order valence-corrected chi connectivity index (χ4v) is 2.97. The zero-order chi connectivity index (χ0) is 15.6. The number of primary amides is 1. The first-order chi connectivity index (χ1) is 9.86. The molecule has 8 nitrogen and oxygen atoms in total. The number of carboxylic acid groups (broad SMARTS) is 1. The van der Waals surface area contributed by atoms with Crippen molar-refractivity contribution >= 4 is 17.9 Å². The highest BCUT2D eigenvalue weighted by Gasteiger charge is 2.46. The van der Waals surface area contributed by atoms with Crippen LogP contribution in [0.25, 0.3) is 0 Å². The number of morpholine rings is 1. The number of urea groups is 1. The van der Waals surface area contributed by atoms with Gasteiger partial charge in [0.1, 0.15) is 6.04 Å². The fraction of sp³-hybridized carbons (Fsp3) is 0.769. The van der Waals surface area contributed by atoms with E-state index in [9.17, 15) is 19.5 Å². The third-order valence-corrected chi connectivity index (χ3v) is 4.46. The van der Waals surface area contributed by atoms with E-state index >= 15 is 0 Å². The molecule has 1 saturated heterocycles. The molecule has 0 aromatic rings. The van der Waals surface area contributed by atoms with Crippen molar-refractivity contribution in [3.63, 3.8) is 0 Å². The Morgan fingerprint density at radius 1 is 1.43 bits per heavy atom. The summed E-state index contributed by atoms with van der Waals surface area (Å²) in [6.07, 6.45) is 1.88. The SMILES string of the molecule is CC1(C(=O)O)CCCC1NC(=O)N1CCOCC1C(N)=O. The van der Waals surface area contributed by atoms with Crippen molar-refractivity contribution < 1.29 is 24.2 Å². The molecule has 3 atom stereocenters. The number of hydrogen-bond donors (Lipinski definition) is 3. The van der Waals surface area contributed by atoms with E-state index in [0.717, 1.165) is 6.42 Å². The average Bonchev–Trinajstić information content (AvgIpc) is 2.81.